The molecule has 0 bridgehead atoms. The highest BCUT2D eigenvalue weighted by molar-refractivity contribution is 6.35. The summed E-state index contributed by atoms with van der Waals surface area (Å²) in [5.41, 5.74) is -0.784. The van der Waals surface area contributed by atoms with Crippen molar-refractivity contribution in [2.24, 2.45) is 5.16 Å². The Morgan fingerprint density at radius 1 is 1.28 bits per heavy atom. The van der Waals surface area contributed by atoms with Gasteiger partial charge in [0, 0.05) is 23.6 Å². The van der Waals surface area contributed by atoms with Gasteiger partial charge in [-0.05, 0) is 19.1 Å². The third-order valence-electron chi connectivity index (χ3n) is 3.76. The summed E-state index contributed by atoms with van der Waals surface area (Å²) in [5, 5.41) is 22.5. The van der Waals surface area contributed by atoms with Crippen LogP contribution in [0.1, 0.15) is 18.9 Å². The smallest absolute Gasteiger partial charge is 0.351 e. The number of pyridine rings is 1. The van der Waals surface area contributed by atoms with Gasteiger partial charge in [0.15, 0.2) is 0 Å². The van der Waals surface area contributed by atoms with Gasteiger partial charge in [-0.25, -0.2) is 9.18 Å². The number of rotatable bonds is 3. The number of benzene rings is 1. The first kappa shape index (κ1) is 17.4. The Labute approximate surface area is 151 Å². The van der Waals surface area contributed by atoms with E-state index < -0.39 is 17.4 Å². The highest BCUT2D eigenvalue weighted by atomic mass is 35.5. The van der Waals surface area contributed by atoms with Crippen LogP contribution in [0.25, 0.3) is 11.3 Å². The molecule has 0 spiro atoms. The van der Waals surface area contributed by atoms with Gasteiger partial charge in [0.1, 0.15) is 11.6 Å². The molecule has 0 saturated carbocycles. The van der Waals surface area contributed by atoms with E-state index in [9.17, 15) is 19.4 Å². The van der Waals surface area contributed by atoms with Crippen molar-refractivity contribution in [1.29, 1.82) is 0 Å². The van der Waals surface area contributed by atoms with Crippen molar-refractivity contribution in [1.82, 2.24) is 4.98 Å². The molecule has 0 saturated heterocycles. The summed E-state index contributed by atoms with van der Waals surface area (Å²) in [7, 11) is 0. The number of carboxylic acids is 1. The molecule has 0 aliphatic carbocycles. The fourth-order valence-corrected chi connectivity index (χ4v) is 2.90. The molecule has 1 aliphatic heterocycles. The molecule has 0 fully saturated rings. The summed E-state index contributed by atoms with van der Waals surface area (Å²) in [6.45, 7) is 1.38. The molecule has 0 amide bonds. The predicted octanol–water partition coefficient (Wildman–Crippen LogP) is 3.87. The average Bonchev–Trinajstić information content (AvgIpc) is 2.92. The molecule has 1 aromatic carbocycles. The van der Waals surface area contributed by atoms with Crippen molar-refractivity contribution in [3.05, 3.63) is 45.8 Å². The van der Waals surface area contributed by atoms with Crippen LogP contribution in [0, 0.1) is 5.82 Å². The molecular formula is C16H11Cl2FN2O4. The van der Waals surface area contributed by atoms with Crippen molar-refractivity contribution in [2.75, 3.05) is 0 Å². The second kappa shape index (κ2) is 6.16. The minimum Gasteiger partial charge on any atom is -0.506 e. The second-order valence-electron chi connectivity index (χ2n) is 5.68. The van der Waals surface area contributed by atoms with E-state index in [2.05, 4.69) is 10.1 Å². The zero-order chi connectivity index (χ0) is 18.4. The molecule has 2 heterocycles. The van der Waals surface area contributed by atoms with Crippen molar-refractivity contribution in [3.63, 3.8) is 0 Å². The van der Waals surface area contributed by atoms with E-state index in [1.54, 1.807) is 0 Å². The van der Waals surface area contributed by atoms with E-state index in [4.69, 9.17) is 28.0 Å². The molecule has 2 N–H and O–H groups in total. The summed E-state index contributed by atoms with van der Waals surface area (Å²) in [5.74, 6) is -2.00. The third kappa shape index (κ3) is 3.12. The van der Waals surface area contributed by atoms with E-state index in [0.29, 0.717) is 5.56 Å². The molecule has 1 unspecified atom stereocenters. The van der Waals surface area contributed by atoms with Crippen LogP contribution in [-0.2, 0) is 9.63 Å². The van der Waals surface area contributed by atoms with Crippen LogP contribution >= 0.6 is 23.2 Å². The molecular weight excluding hydrogens is 374 g/mol. The average molecular weight is 385 g/mol. The molecule has 0 radical (unpaired) electrons. The van der Waals surface area contributed by atoms with Crippen LogP contribution in [0.4, 0.5) is 4.39 Å². The van der Waals surface area contributed by atoms with Crippen LogP contribution in [0.5, 0.6) is 5.75 Å². The summed E-state index contributed by atoms with van der Waals surface area (Å²) >= 11 is 12.1. The normalized spacial score (nSPS) is 19.4. The fourth-order valence-electron chi connectivity index (χ4n) is 2.38. The number of hydrogen-bond donors (Lipinski definition) is 2. The van der Waals surface area contributed by atoms with Gasteiger partial charge < -0.3 is 15.1 Å². The van der Waals surface area contributed by atoms with Gasteiger partial charge in [0.2, 0.25) is 5.60 Å². The number of hydrogen-bond acceptors (Lipinski definition) is 5. The zero-order valence-electron chi connectivity index (χ0n) is 12.8. The van der Waals surface area contributed by atoms with Crippen molar-refractivity contribution in [2.45, 2.75) is 18.9 Å². The van der Waals surface area contributed by atoms with Crippen molar-refractivity contribution >= 4 is 34.9 Å². The SMILES string of the molecule is CC1(C(=O)O)CC(c2cc(-c3ncc(O)cc3Cl)c(F)cc2Cl)=NO1. The monoisotopic (exact) mass is 384 g/mol. The maximum Gasteiger partial charge on any atom is 0.351 e. The van der Waals surface area contributed by atoms with E-state index in [1.165, 1.54) is 19.1 Å². The minimum absolute atomic E-state index is 0.0378. The van der Waals surface area contributed by atoms with E-state index in [1.807, 2.05) is 0 Å². The molecule has 9 heteroatoms. The van der Waals surface area contributed by atoms with Gasteiger partial charge in [-0.2, -0.15) is 0 Å². The number of carbonyl (C=O) groups is 1. The molecule has 3 rings (SSSR count). The van der Waals surface area contributed by atoms with Gasteiger partial charge in [-0.3, -0.25) is 4.98 Å². The standard InChI is InChI=1S/C16H11Cl2FN2O4/c1-16(15(23)24)5-13(21-25-16)8-3-9(12(19)4-10(8)17)14-11(18)2-7(22)6-20-14/h2-4,6,22H,5H2,1H3,(H,23,24). The van der Waals surface area contributed by atoms with Crippen LogP contribution in [0.2, 0.25) is 10.0 Å². The van der Waals surface area contributed by atoms with Gasteiger partial charge in [0.05, 0.1) is 27.6 Å². The first-order valence-electron chi connectivity index (χ1n) is 7.04. The lowest BCUT2D eigenvalue weighted by Crippen LogP contribution is -2.35. The third-order valence-corrected chi connectivity index (χ3v) is 4.36. The molecule has 130 valence electrons. The zero-order valence-corrected chi connectivity index (χ0v) is 14.3. The molecule has 25 heavy (non-hydrogen) atoms. The largest absolute Gasteiger partial charge is 0.506 e. The Kier molecular flexibility index (Phi) is 4.30. The second-order valence-corrected chi connectivity index (χ2v) is 6.49. The molecule has 1 aromatic heterocycles. The fraction of sp³-hybridized carbons (Fsp3) is 0.188. The quantitative estimate of drug-likeness (QED) is 0.837. The highest BCUT2D eigenvalue weighted by Crippen LogP contribution is 2.36. The van der Waals surface area contributed by atoms with E-state index in [0.717, 1.165) is 12.3 Å². The minimum atomic E-state index is -1.51. The van der Waals surface area contributed by atoms with Crippen LogP contribution < -0.4 is 0 Å². The number of aromatic hydroxyl groups is 1. The van der Waals surface area contributed by atoms with Crippen molar-refractivity contribution in [3.8, 4) is 17.0 Å². The van der Waals surface area contributed by atoms with E-state index in [-0.39, 0.29) is 39.2 Å². The van der Waals surface area contributed by atoms with Crippen LogP contribution in [0.3, 0.4) is 0 Å². The highest BCUT2D eigenvalue weighted by Gasteiger charge is 2.42. The first-order chi connectivity index (χ1) is 11.7. The lowest BCUT2D eigenvalue weighted by atomic mass is 9.94. The molecule has 1 atom stereocenters. The summed E-state index contributed by atoms with van der Waals surface area (Å²) in [6, 6.07) is 3.67. The molecule has 1 aliphatic rings. The Bertz CT molecular complexity index is 919. The molecule has 2 aromatic rings. The first-order valence-corrected chi connectivity index (χ1v) is 7.79. The maximum atomic E-state index is 14.4. The van der Waals surface area contributed by atoms with Gasteiger partial charge >= 0.3 is 5.97 Å². The lowest BCUT2D eigenvalue weighted by molar-refractivity contribution is -0.160. The Morgan fingerprint density at radius 3 is 2.60 bits per heavy atom. The number of aromatic nitrogens is 1. The Balaban J connectivity index is 2.07. The predicted molar refractivity (Wildman–Crippen MR) is 89.6 cm³/mol. The number of carboxylic acid groups (broad SMARTS) is 1. The molecule has 6 nitrogen and oxygen atoms in total. The number of nitrogens with zero attached hydrogens (tertiary/aromatic N) is 2. The number of aliphatic carboxylic acids is 1. The number of halogens is 3. The van der Waals surface area contributed by atoms with Crippen LogP contribution in [0.15, 0.2) is 29.6 Å². The Morgan fingerprint density at radius 2 is 2.00 bits per heavy atom. The van der Waals surface area contributed by atoms with Crippen LogP contribution in [-0.4, -0.2) is 32.5 Å². The topological polar surface area (TPSA) is 92.0 Å². The summed E-state index contributed by atoms with van der Waals surface area (Å²) in [6.07, 6.45) is 1.09. The van der Waals surface area contributed by atoms with Crippen molar-refractivity contribution < 1.29 is 24.2 Å². The summed E-state index contributed by atoms with van der Waals surface area (Å²) in [4.78, 5) is 20.2. The van der Waals surface area contributed by atoms with E-state index >= 15 is 0 Å². The number of oxime groups is 1. The summed E-state index contributed by atoms with van der Waals surface area (Å²) < 4.78 is 14.4. The van der Waals surface area contributed by atoms with Gasteiger partial charge in [0.25, 0.3) is 0 Å². The maximum absolute atomic E-state index is 14.4. The lowest BCUT2D eigenvalue weighted by Gasteiger charge is -2.15. The van der Waals surface area contributed by atoms with Gasteiger partial charge in [-0.1, -0.05) is 28.4 Å². The Hall–Kier alpha value is -2.38. The van der Waals surface area contributed by atoms with Gasteiger partial charge in [-0.15, -0.1) is 0 Å².